The van der Waals surface area contributed by atoms with Gasteiger partial charge in [0.15, 0.2) is 0 Å². The third kappa shape index (κ3) is 26.1. The zero-order chi connectivity index (χ0) is 57.7. The predicted octanol–water partition coefficient (Wildman–Crippen LogP) is 29.8. The highest BCUT2D eigenvalue weighted by Crippen LogP contribution is 2.62. The quantitative estimate of drug-likeness (QED) is 0.0494. The highest BCUT2D eigenvalue weighted by Gasteiger charge is 2.48. The highest BCUT2D eigenvalue weighted by atomic mass is 32.1. The molecule has 2 aliphatic rings. The minimum atomic E-state index is 0.180. The Kier molecular flexibility index (Phi) is 40.7. The lowest BCUT2D eigenvalue weighted by Crippen LogP contribution is -2.27. The van der Waals surface area contributed by atoms with Crippen LogP contribution in [0.5, 0.6) is 0 Å². The van der Waals surface area contributed by atoms with Crippen LogP contribution in [0.3, 0.4) is 0 Å². The van der Waals surface area contributed by atoms with E-state index in [2.05, 4.69) is 85.4 Å². The summed E-state index contributed by atoms with van der Waals surface area (Å²) in [7, 11) is 0. The van der Waals surface area contributed by atoms with Crippen LogP contribution in [0.1, 0.15) is 435 Å². The molecule has 1 aromatic carbocycles. The van der Waals surface area contributed by atoms with E-state index in [-0.39, 0.29) is 10.8 Å². The molecule has 2 aliphatic carbocycles. The zero-order valence-corrected chi connectivity index (χ0v) is 57.3. The molecule has 0 N–H and O–H groups in total. The Morgan fingerprint density at radius 2 is 0.390 bits per heavy atom. The van der Waals surface area contributed by atoms with E-state index in [0.717, 1.165) is 0 Å². The summed E-state index contributed by atoms with van der Waals surface area (Å²) >= 11 is 4.19. The number of unbranched alkanes of at least 4 members (excludes halogenated alkanes) is 52. The second-order valence-electron chi connectivity index (χ2n) is 27.8. The molecule has 3 aromatic rings. The fourth-order valence-corrected chi connectivity index (χ4v) is 17.7. The first-order valence-electron chi connectivity index (χ1n) is 38.0. The standard InChI is InChI=1S/C80H138S2/c1-5-9-13-17-21-25-29-33-37-41-45-49-53-57-63-79(64-58-54-50-46-42-38-34-30-26-22-18-14-10-6-2)73-61-67-81-77(73)71-70-76-72(69-75(71)79)78-74(62-68-82-78)80(76,65-59-55-51-47-43-39-35-31-27-23-19-15-11-7-3)66-60-56-52-48-44-40-36-32-28-24-20-16-12-8-4/h61-62,67-70H,5-60,63-66H2,1-4H3. The maximum atomic E-state index is 2.89. The Morgan fingerprint density at radius 3 is 0.573 bits per heavy atom. The minimum Gasteiger partial charge on any atom is -0.143 e. The van der Waals surface area contributed by atoms with E-state index >= 15 is 0 Å². The van der Waals surface area contributed by atoms with E-state index in [4.69, 9.17) is 0 Å². The second kappa shape index (κ2) is 46.7. The normalized spacial score (nSPS) is 13.8. The van der Waals surface area contributed by atoms with Crippen LogP contribution >= 0.6 is 22.7 Å². The summed E-state index contributed by atoms with van der Waals surface area (Å²) in [4.78, 5) is 3.32. The summed E-state index contributed by atoms with van der Waals surface area (Å²) in [6.45, 7) is 9.34. The van der Waals surface area contributed by atoms with Gasteiger partial charge in [-0.1, -0.05) is 387 Å². The molecule has 2 heteroatoms. The first kappa shape index (κ1) is 71.4. The summed E-state index contributed by atoms with van der Waals surface area (Å²) in [6.07, 6.45) is 86.0. The van der Waals surface area contributed by atoms with Crippen molar-refractivity contribution in [2.24, 2.45) is 0 Å². The molecule has 0 aliphatic heterocycles. The Bertz CT molecular complexity index is 1720. The molecule has 5 rings (SSSR count). The number of hydrogen-bond acceptors (Lipinski definition) is 2. The molecule has 2 aromatic heterocycles. The van der Waals surface area contributed by atoms with Crippen LogP contribution in [0.25, 0.3) is 20.9 Å². The van der Waals surface area contributed by atoms with E-state index in [9.17, 15) is 0 Å². The number of thiophene rings is 2. The Balaban J connectivity index is 1.24. The summed E-state index contributed by atoms with van der Waals surface area (Å²) in [5.41, 5.74) is 10.7. The average Bonchev–Trinajstić information content (AvgIpc) is 1.77. The zero-order valence-electron chi connectivity index (χ0n) is 55.7. The predicted molar refractivity (Wildman–Crippen MR) is 374 cm³/mol. The van der Waals surface area contributed by atoms with Gasteiger partial charge in [0.05, 0.1) is 0 Å². The first-order valence-corrected chi connectivity index (χ1v) is 39.8. The molecule has 0 atom stereocenters. The molecule has 82 heavy (non-hydrogen) atoms. The van der Waals surface area contributed by atoms with Gasteiger partial charge in [-0.2, -0.15) is 0 Å². The summed E-state index contributed by atoms with van der Waals surface area (Å²) in [6, 6.07) is 11.0. The Morgan fingerprint density at radius 1 is 0.220 bits per heavy atom. The summed E-state index contributed by atoms with van der Waals surface area (Å²) in [5.74, 6) is 0. The summed E-state index contributed by atoms with van der Waals surface area (Å²) < 4.78 is 0. The van der Waals surface area contributed by atoms with Crippen molar-refractivity contribution in [1.82, 2.24) is 0 Å². The fourth-order valence-electron chi connectivity index (χ4n) is 15.7. The highest BCUT2D eigenvalue weighted by molar-refractivity contribution is 7.14. The van der Waals surface area contributed by atoms with E-state index in [1.165, 1.54) is 385 Å². The second-order valence-corrected chi connectivity index (χ2v) is 29.7. The molecule has 0 saturated heterocycles. The summed E-state index contributed by atoms with van der Waals surface area (Å²) in [5, 5.41) is 5.00. The first-order chi connectivity index (χ1) is 40.7. The molecule has 0 amide bonds. The molecule has 0 radical (unpaired) electrons. The van der Waals surface area contributed by atoms with Crippen LogP contribution in [0.15, 0.2) is 35.0 Å². The van der Waals surface area contributed by atoms with Crippen LogP contribution in [0.4, 0.5) is 0 Å². The van der Waals surface area contributed by atoms with Crippen molar-refractivity contribution in [3.05, 3.63) is 57.3 Å². The Hall–Kier alpha value is -1.38. The van der Waals surface area contributed by atoms with Crippen molar-refractivity contribution in [1.29, 1.82) is 0 Å². The van der Waals surface area contributed by atoms with Crippen LogP contribution in [0, 0.1) is 0 Å². The molecule has 0 unspecified atom stereocenters. The van der Waals surface area contributed by atoms with Crippen LogP contribution in [-0.4, -0.2) is 0 Å². The van der Waals surface area contributed by atoms with Gasteiger partial charge in [-0.05, 0) is 94.1 Å². The van der Waals surface area contributed by atoms with E-state index in [0.29, 0.717) is 0 Å². The van der Waals surface area contributed by atoms with Gasteiger partial charge >= 0.3 is 0 Å². The molecular weight excluding hydrogens is 1030 g/mol. The maximum absolute atomic E-state index is 2.89. The number of hydrogen-bond donors (Lipinski definition) is 0. The van der Waals surface area contributed by atoms with Crippen molar-refractivity contribution in [2.45, 2.75) is 424 Å². The van der Waals surface area contributed by atoms with E-state index < -0.39 is 0 Å². The topological polar surface area (TPSA) is 0 Å². The van der Waals surface area contributed by atoms with E-state index in [1.807, 2.05) is 0 Å². The molecule has 0 fully saturated rings. The van der Waals surface area contributed by atoms with Crippen molar-refractivity contribution in [3.63, 3.8) is 0 Å². The van der Waals surface area contributed by atoms with Crippen LogP contribution < -0.4 is 0 Å². The average molecular weight is 1160 g/mol. The Labute approximate surface area is 521 Å². The third-order valence-corrected chi connectivity index (χ3v) is 22.8. The van der Waals surface area contributed by atoms with Gasteiger partial charge in [0.1, 0.15) is 0 Å². The third-order valence-electron chi connectivity index (χ3n) is 20.9. The minimum absolute atomic E-state index is 0.180. The van der Waals surface area contributed by atoms with Crippen LogP contribution in [-0.2, 0) is 10.8 Å². The van der Waals surface area contributed by atoms with Crippen molar-refractivity contribution >= 4 is 22.7 Å². The van der Waals surface area contributed by atoms with Crippen LogP contribution in [0.2, 0.25) is 0 Å². The van der Waals surface area contributed by atoms with Crippen molar-refractivity contribution in [3.8, 4) is 20.9 Å². The fraction of sp³-hybridized carbons (Fsp3) is 0.825. The van der Waals surface area contributed by atoms with E-state index in [1.54, 1.807) is 43.1 Å². The maximum Gasteiger partial charge on any atom is 0.0387 e. The molecule has 2 heterocycles. The van der Waals surface area contributed by atoms with Gasteiger partial charge in [0.2, 0.25) is 0 Å². The number of rotatable bonds is 60. The molecule has 470 valence electrons. The van der Waals surface area contributed by atoms with Gasteiger partial charge in [-0.15, -0.1) is 22.7 Å². The molecular formula is C80H138S2. The van der Waals surface area contributed by atoms with Gasteiger partial charge in [-0.3, -0.25) is 0 Å². The van der Waals surface area contributed by atoms with Crippen molar-refractivity contribution in [2.75, 3.05) is 0 Å². The van der Waals surface area contributed by atoms with Crippen molar-refractivity contribution < 1.29 is 0 Å². The molecule has 0 spiro atoms. The van der Waals surface area contributed by atoms with Gasteiger partial charge in [-0.25, -0.2) is 0 Å². The smallest absolute Gasteiger partial charge is 0.0387 e. The van der Waals surface area contributed by atoms with Gasteiger partial charge < -0.3 is 0 Å². The molecule has 0 saturated carbocycles. The number of fused-ring (bicyclic) bond motifs is 6. The lowest BCUT2D eigenvalue weighted by atomic mass is 9.68. The monoisotopic (exact) mass is 1160 g/mol. The molecule has 0 nitrogen and oxygen atoms in total. The van der Waals surface area contributed by atoms with Gasteiger partial charge in [0, 0.05) is 20.6 Å². The SMILES string of the molecule is CCCCCCCCCCCCCCCCC1(CCCCCCCCCCCCCCCC)c2cc3c(cc2-c2sccc21)C(CCCCCCCCCCCCCCCC)(CCCCCCCCCCCCCCCC)c1ccsc1-3. The lowest BCUT2D eigenvalue weighted by molar-refractivity contribution is 0.394. The largest absolute Gasteiger partial charge is 0.143 e. The van der Waals surface area contributed by atoms with Gasteiger partial charge in [0.25, 0.3) is 0 Å². The lowest BCUT2D eigenvalue weighted by Gasteiger charge is -2.34. The molecule has 0 bridgehead atoms. The number of benzene rings is 1.